The van der Waals surface area contributed by atoms with Crippen LogP contribution in [0.15, 0.2) is 18.2 Å². The summed E-state index contributed by atoms with van der Waals surface area (Å²) < 4.78 is 5.40. The summed E-state index contributed by atoms with van der Waals surface area (Å²) in [5.41, 5.74) is 2.32. The Kier molecular flexibility index (Phi) is 5.03. The third-order valence-corrected chi connectivity index (χ3v) is 2.80. The molecule has 0 aliphatic carbocycles. The monoisotopic (exact) mass is 246 g/mol. The summed E-state index contributed by atoms with van der Waals surface area (Å²) in [7, 11) is 1.70. The molecule has 98 valence electrons. The normalized spacial score (nSPS) is 10.8. The highest BCUT2D eigenvalue weighted by Gasteiger charge is 2.19. The Morgan fingerprint density at radius 2 is 2.06 bits per heavy atom. The molecule has 0 saturated carbocycles. The molecule has 0 saturated heterocycles. The number of ether oxygens (including phenoxy) is 1. The van der Waals surface area contributed by atoms with E-state index in [0.717, 1.165) is 24.4 Å². The fraction of sp³-hybridized carbons (Fsp3) is 0.533. The van der Waals surface area contributed by atoms with Gasteiger partial charge in [-0.2, -0.15) is 5.26 Å². The van der Waals surface area contributed by atoms with Crippen LogP contribution >= 0.6 is 0 Å². The molecule has 0 bridgehead atoms. The first-order valence-corrected chi connectivity index (χ1v) is 6.28. The third-order valence-electron chi connectivity index (χ3n) is 2.80. The van der Waals surface area contributed by atoms with Gasteiger partial charge in [-0.15, -0.1) is 0 Å². The number of hydrogen-bond donors (Lipinski definition) is 1. The molecule has 1 N–H and O–H groups in total. The second-order valence-electron chi connectivity index (χ2n) is 5.35. The zero-order valence-corrected chi connectivity index (χ0v) is 11.7. The van der Waals surface area contributed by atoms with Gasteiger partial charge in [0, 0.05) is 24.2 Å². The highest BCUT2D eigenvalue weighted by molar-refractivity contribution is 5.53. The molecule has 0 unspecified atom stereocenters. The highest BCUT2D eigenvalue weighted by atomic mass is 16.5. The van der Waals surface area contributed by atoms with Crippen LogP contribution in [-0.4, -0.2) is 13.7 Å². The number of rotatable bonds is 5. The molecule has 0 aromatic heterocycles. The summed E-state index contributed by atoms with van der Waals surface area (Å²) in [5, 5.41) is 11.8. The van der Waals surface area contributed by atoms with Crippen molar-refractivity contribution in [2.75, 3.05) is 19.0 Å². The molecule has 18 heavy (non-hydrogen) atoms. The van der Waals surface area contributed by atoms with Crippen LogP contribution in [0, 0.1) is 11.3 Å². The van der Waals surface area contributed by atoms with Crippen molar-refractivity contribution in [2.45, 2.75) is 39.0 Å². The van der Waals surface area contributed by atoms with Crippen molar-refractivity contribution in [3.63, 3.8) is 0 Å². The van der Waals surface area contributed by atoms with Crippen molar-refractivity contribution in [3.05, 3.63) is 23.8 Å². The van der Waals surface area contributed by atoms with E-state index in [4.69, 9.17) is 10.00 Å². The Bertz CT molecular complexity index is 427. The lowest BCUT2D eigenvalue weighted by Gasteiger charge is -2.23. The number of methoxy groups -OCH3 is 1. The topological polar surface area (TPSA) is 45.0 Å². The molecule has 1 aromatic rings. The van der Waals surface area contributed by atoms with Crippen LogP contribution < -0.4 is 10.1 Å². The van der Waals surface area contributed by atoms with E-state index < -0.39 is 0 Å². The summed E-state index contributed by atoms with van der Waals surface area (Å²) in [4.78, 5) is 0. The number of nitrogens with zero attached hydrogens (tertiary/aromatic N) is 1. The molecule has 0 amide bonds. The van der Waals surface area contributed by atoms with Crippen LogP contribution in [0.25, 0.3) is 0 Å². The van der Waals surface area contributed by atoms with Crippen molar-refractivity contribution in [2.24, 2.45) is 0 Å². The van der Waals surface area contributed by atoms with Crippen LogP contribution in [0.4, 0.5) is 5.69 Å². The van der Waals surface area contributed by atoms with Gasteiger partial charge < -0.3 is 10.1 Å². The summed E-state index contributed by atoms with van der Waals surface area (Å²) >= 11 is 0. The molecule has 0 aliphatic heterocycles. The van der Waals surface area contributed by atoms with Crippen molar-refractivity contribution in [3.8, 4) is 11.8 Å². The van der Waals surface area contributed by atoms with Gasteiger partial charge in [0.1, 0.15) is 5.75 Å². The molecule has 0 fully saturated rings. The molecule has 0 atom stereocenters. The maximum absolute atomic E-state index is 8.49. The highest BCUT2D eigenvalue weighted by Crippen LogP contribution is 2.33. The molecular weight excluding hydrogens is 224 g/mol. The minimum atomic E-state index is 0.0513. The Hall–Kier alpha value is -1.69. The van der Waals surface area contributed by atoms with E-state index in [1.54, 1.807) is 7.11 Å². The van der Waals surface area contributed by atoms with Gasteiger partial charge in [-0.3, -0.25) is 0 Å². The standard InChI is InChI=1S/C15H22N2O/c1-15(2,3)13-11-12(7-8-14(13)18-4)17-10-6-5-9-16/h7-8,11,17H,5-6,10H2,1-4H3. The first kappa shape index (κ1) is 14.4. The Morgan fingerprint density at radius 3 is 2.61 bits per heavy atom. The van der Waals surface area contributed by atoms with Gasteiger partial charge in [0.25, 0.3) is 0 Å². The van der Waals surface area contributed by atoms with Crippen molar-refractivity contribution >= 4 is 5.69 Å². The fourth-order valence-electron chi connectivity index (χ4n) is 1.80. The van der Waals surface area contributed by atoms with Gasteiger partial charge in [0.2, 0.25) is 0 Å². The van der Waals surface area contributed by atoms with Crippen LogP contribution in [0.5, 0.6) is 5.75 Å². The Morgan fingerprint density at radius 1 is 1.33 bits per heavy atom. The zero-order valence-electron chi connectivity index (χ0n) is 11.7. The smallest absolute Gasteiger partial charge is 0.122 e. The van der Waals surface area contributed by atoms with Crippen molar-refractivity contribution < 1.29 is 4.74 Å². The van der Waals surface area contributed by atoms with Crippen LogP contribution in [-0.2, 0) is 5.41 Å². The second kappa shape index (κ2) is 6.30. The van der Waals surface area contributed by atoms with Gasteiger partial charge in [0.15, 0.2) is 0 Å². The van der Waals surface area contributed by atoms with Gasteiger partial charge in [-0.05, 0) is 30.0 Å². The lowest BCUT2D eigenvalue weighted by atomic mass is 9.86. The zero-order chi connectivity index (χ0) is 13.6. The first-order valence-electron chi connectivity index (χ1n) is 6.28. The molecule has 1 aromatic carbocycles. The van der Waals surface area contributed by atoms with E-state index in [9.17, 15) is 0 Å². The minimum absolute atomic E-state index is 0.0513. The average molecular weight is 246 g/mol. The number of nitrogens with one attached hydrogen (secondary N) is 1. The van der Waals surface area contributed by atoms with Crippen LogP contribution in [0.3, 0.4) is 0 Å². The molecule has 0 heterocycles. The number of nitriles is 1. The van der Waals surface area contributed by atoms with Crippen LogP contribution in [0.1, 0.15) is 39.2 Å². The van der Waals surface area contributed by atoms with E-state index >= 15 is 0 Å². The largest absolute Gasteiger partial charge is 0.496 e. The molecular formula is C15H22N2O. The average Bonchev–Trinajstić information content (AvgIpc) is 2.33. The van der Waals surface area contributed by atoms with E-state index in [2.05, 4.69) is 38.2 Å². The van der Waals surface area contributed by atoms with E-state index in [1.165, 1.54) is 5.56 Å². The molecule has 3 heteroatoms. The number of anilines is 1. The maximum Gasteiger partial charge on any atom is 0.122 e. The van der Waals surface area contributed by atoms with Gasteiger partial charge in [-0.1, -0.05) is 20.8 Å². The van der Waals surface area contributed by atoms with E-state index in [0.29, 0.717) is 6.42 Å². The fourth-order valence-corrected chi connectivity index (χ4v) is 1.80. The van der Waals surface area contributed by atoms with Gasteiger partial charge in [-0.25, -0.2) is 0 Å². The quantitative estimate of drug-likeness (QED) is 0.805. The third kappa shape index (κ3) is 3.96. The Balaban J connectivity index is 2.81. The predicted octanol–water partition coefficient (Wildman–Crippen LogP) is 3.71. The van der Waals surface area contributed by atoms with Crippen LogP contribution in [0.2, 0.25) is 0 Å². The van der Waals surface area contributed by atoms with Crippen molar-refractivity contribution in [1.82, 2.24) is 0 Å². The lowest BCUT2D eigenvalue weighted by molar-refractivity contribution is 0.397. The molecule has 0 spiro atoms. The SMILES string of the molecule is COc1ccc(NCCCC#N)cc1C(C)(C)C. The summed E-state index contributed by atoms with van der Waals surface area (Å²) in [5.74, 6) is 0.921. The molecule has 0 radical (unpaired) electrons. The van der Waals surface area contributed by atoms with Crippen molar-refractivity contribution in [1.29, 1.82) is 5.26 Å². The summed E-state index contributed by atoms with van der Waals surface area (Å²) in [6, 6.07) is 8.29. The summed E-state index contributed by atoms with van der Waals surface area (Å²) in [6.07, 6.45) is 1.46. The molecule has 3 nitrogen and oxygen atoms in total. The lowest BCUT2D eigenvalue weighted by Crippen LogP contribution is -2.13. The minimum Gasteiger partial charge on any atom is -0.496 e. The molecule has 0 aliphatic rings. The first-order chi connectivity index (χ1) is 8.49. The number of hydrogen-bond acceptors (Lipinski definition) is 3. The van der Waals surface area contributed by atoms with E-state index in [-0.39, 0.29) is 5.41 Å². The predicted molar refractivity (Wildman–Crippen MR) is 75.0 cm³/mol. The van der Waals surface area contributed by atoms with Gasteiger partial charge in [0.05, 0.1) is 13.2 Å². The number of unbranched alkanes of at least 4 members (excludes halogenated alkanes) is 1. The second-order valence-corrected chi connectivity index (χ2v) is 5.35. The Labute approximate surface area is 110 Å². The van der Waals surface area contributed by atoms with E-state index in [1.807, 2.05) is 12.1 Å². The van der Waals surface area contributed by atoms with Gasteiger partial charge >= 0.3 is 0 Å². The maximum atomic E-state index is 8.49. The molecule has 1 rings (SSSR count). The number of benzene rings is 1. The summed E-state index contributed by atoms with van der Waals surface area (Å²) in [6.45, 7) is 7.34.